The molecule has 0 aliphatic heterocycles. The number of rotatable bonds is 5. The maximum absolute atomic E-state index is 13.5. The molecule has 0 spiro atoms. The number of benzene rings is 1. The third kappa shape index (κ3) is 3.20. The zero-order chi connectivity index (χ0) is 13.7. The second-order valence-electron chi connectivity index (χ2n) is 4.51. The van der Waals surface area contributed by atoms with Crippen molar-refractivity contribution in [3.8, 4) is 0 Å². The highest BCUT2D eigenvalue weighted by Gasteiger charge is 2.18. The Labute approximate surface area is 107 Å². The van der Waals surface area contributed by atoms with E-state index in [1.807, 2.05) is 0 Å². The van der Waals surface area contributed by atoms with E-state index >= 15 is 0 Å². The van der Waals surface area contributed by atoms with Crippen LogP contribution in [0.15, 0.2) is 18.2 Å². The minimum atomic E-state index is -0.528. The van der Waals surface area contributed by atoms with Crippen molar-refractivity contribution in [3.05, 3.63) is 29.6 Å². The molecule has 0 radical (unpaired) electrons. The Balaban J connectivity index is 2.93. The molecule has 0 bridgehead atoms. The van der Waals surface area contributed by atoms with E-state index in [0.29, 0.717) is 12.5 Å². The molecule has 100 valence electrons. The lowest BCUT2D eigenvalue weighted by Gasteiger charge is -2.22. The fraction of sp³-hybridized carbons (Fsp3) is 0.462. The average Bonchev–Trinajstić information content (AvgIpc) is 2.37. The lowest BCUT2D eigenvalue weighted by molar-refractivity contribution is 0.0775. The first-order valence-electron chi connectivity index (χ1n) is 6.01. The molecule has 0 saturated carbocycles. The van der Waals surface area contributed by atoms with Gasteiger partial charge in [-0.2, -0.15) is 0 Å². The molecule has 1 amide bonds. The van der Waals surface area contributed by atoms with Gasteiger partial charge in [-0.05, 0) is 18.1 Å². The van der Waals surface area contributed by atoms with Gasteiger partial charge in [0.1, 0.15) is 5.82 Å². The van der Waals surface area contributed by atoms with Crippen LogP contribution < -0.4 is 11.3 Å². The minimum Gasteiger partial charge on any atom is -0.341 e. The standard InChI is InChI=1S/C13H20FN3O/c1-4-9(2)8-17(3)13(18)10-6-5-7-11(14)12(10)16-15/h5-7,9,16H,4,8,15H2,1-3H3. The summed E-state index contributed by atoms with van der Waals surface area (Å²) in [5.74, 6) is 4.90. The van der Waals surface area contributed by atoms with Crippen LogP contribution in [0.5, 0.6) is 0 Å². The van der Waals surface area contributed by atoms with E-state index in [1.165, 1.54) is 12.1 Å². The SMILES string of the molecule is CCC(C)CN(C)C(=O)c1cccc(F)c1NN. The Morgan fingerprint density at radius 2 is 2.22 bits per heavy atom. The number of nitrogen functional groups attached to an aromatic ring is 1. The predicted octanol–water partition coefficient (Wildman–Crippen LogP) is 2.23. The molecule has 0 saturated heterocycles. The Morgan fingerprint density at radius 3 is 2.78 bits per heavy atom. The fourth-order valence-electron chi connectivity index (χ4n) is 1.73. The number of anilines is 1. The van der Waals surface area contributed by atoms with Crippen LogP contribution in [0.1, 0.15) is 30.6 Å². The molecular weight excluding hydrogens is 233 g/mol. The van der Waals surface area contributed by atoms with E-state index in [1.54, 1.807) is 18.0 Å². The largest absolute Gasteiger partial charge is 0.341 e. The second-order valence-corrected chi connectivity index (χ2v) is 4.51. The van der Waals surface area contributed by atoms with Crippen LogP contribution in [0, 0.1) is 11.7 Å². The quantitative estimate of drug-likeness (QED) is 0.625. The van der Waals surface area contributed by atoms with Gasteiger partial charge in [0.2, 0.25) is 0 Å². The Hall–Kier alpha value is -1.62. The number of para-hydroxylation sites is 1. The summed E-state index contributed by atoms with van der Waals surface area (Å²) in [5, 5.41) is 0. The van der Waals surface area contributed by atoms with Gasteiger partial charge >= 0.3 is 0 Å². The molecule has 0 aliphatic rings. The number of carbonyl (C=O) groups is 1. The summed E-state index contributed by atoms with van der Waals surface area (Å²) in [6.45, 7) is 4.77. The van der Waals surface area contributed by atoms with Gasteiger partial charge in [-0.15, -0.1) is 0 Å². The first kappa shape index (κ1) is 14.4. The van der Waals surface area contributed by atoms with Gasteiger partial charge in [0, 0.05) is 13.6 Å². The van der Waals surface area contributed by atoms with E-state index in [2.05, 4.69) is 19.3 Å². The molecule has 0 aromatic heterocycles. The highest BCUT2D eigenvalue weighted by Crippen LogP contribution is 2.20. The summed E-state index contributed by atoms with van der Waals surface area (Å²) in [7, 11) is 1.71. The van der Waals surface area contributed by atoms with E-state index < -0.39 is 5.82 Å². The zero-order valence-electron chi connectivity index (χ0n) is 11.0. The van der Waals surface area contributed by atoms with Crippen molar-refractivity contribution in [3.63, 3.8) is 0 Å². The number of carbonyl (C=O) groups excluding carboxylic acids is 1. The zero-order valence-corrected chi connectivity index (χ0v) is 11.0. The molecular formula is C13H20FN3O. The second kappa shape index (κ2) is 6.35. The van der Waals surface area contributed by atoms with Crippen LogP contribution >= 0.6 is 0 Å². The number of hydrazine groups is 1. The van der Waals surface area contributed by atoms with E-state index in [-0.39, 0.29) is 17.2 Å². The van der Waals surface area contributed by atoms with Crippen molar-refractivity contribution in [1.29, 1.82) is 0 Å². The Morgan fingerprint density at radius 1 is 1.56 bits per heavy atom. The molecule has 18 heavy (non-hydrogen) atoms. The number of nitrogens with one attached hydrogen (secondary N) is 1. The summed E-state index contributed by atoms with van der Waals surface area (Å²) in [5.41, 5.74) is 2.54. The number of halogens is 1. The molecule has 0 aliphatic carbocycles. The molecule has 1 unspecified atom stereocenters. The van der Waals surface area contributed by atoms with Gasteiger partial charge in [0.05, 0.1) is 11.3 Å². The van der Waals surface area contributed by atoms with Crippen LogP contribution in [0.4, 0.5) is 10.1 Å². The number of nitrogens with two attached hydrogens (primary N) is 1. The summed E-state index contributed by atoms with van der Waals surface area (Å²) in [4.78, 5) is 13.8. The maximum atomic E-state index is 13.5. The Bertz CT molecular complexity index is 423. The first-order valence-corrected chi connectivity index (χ1v) is 6.01. The average molecular weight is 253 g/mol. The van der Waals surface area contributed by atoms with Gasteiger partial charge in [0.15, 0.2) is 0 Å². The van der Waals surface area contributed by atoms with Crippen LogP contribution in [-0.2, 0) is 0 Å². The topological polar surface area (TPSA) is 58.4 Å². The summed E-state index contributed by atoms with van der Waals surface area (Å²) in [6.07, 6.45) is 0.989. The number of amides is 1. The summed E-state index contributed by atoms with van der Waals surface area (Å²) in [6, 6.07) is 4.33. The predicted molar refractivity (Wildman–Crippen MR) is 70.6 cm³/mol. The minimum absolute atomic E-state index is 0.0403. The van der Waals surface area contributed by atoms with Crippen molar-refractivity contribution < 1.29 is 9.18 Å². The smallest absolute Gasteiger partial charge is 0.255 e. The van der Waals surface area contributed by atoms with Crippen LogP contribution in [0.25, 0.3) is 0 Å². The van der Waals surface area contributed by atoms with Gasteiger partial charge < -0.3 is 10.3 Å². The monoisotopic (exact) mass is 253 g/mol. The first-order chi connectivity index (χ1) is 8.51. The van der Waals surface area contributed by atoms with Crippen molar-refractivity contribution in [2.45, 2.75) is 20.3 Å². The van der Waals surface area contributed by atoms with Gasteiger partial charge in [-0.3, -0.25) is 10.6 Å². The summed E-state index contributed by atoms with van der Waals surface area (Å²) < 4.78 is 13.5. The molecule has 3 N–H and O–H groups in total. The summed E-state index contributed by atoms with van der Waals surface area (Å²) >= 11 is 0. The van der Waals surface area contributed by atoms with Crippen LogP contribution in [0.3, 0.4) is 0 Å². The third-order valence-corrected chi connectivity index (χ3v) is 3.02. The highest BCUT2D eigenvalue weighted by molar-refractivity contribution is 5.99. The molecule has 1 aromatic carbocycles. The molecule has 4 nitrogen and oxygen atoms in total. The van der Waals surface area contributed by atoms with Crippen LogP contribution in [-0.4, -0.2) is 24.4 Å². The molecule has 1 aromatic rings. The van der Waals surface area contributed by atoms with E-state index in [4.69, 9.17) is 5.84 Å². The molecule has 5 heteroatoms. The lowest BCUT2D eigenvalue weighted by atomic mass is 10.1. The number of hydrogen-bond acceptors (Lipinski definition) is 3. The van der Waals surface area contributed by atoms with Gasteiger partial charge in [-0.1, -0.05) is 26.3 Å². The van der Waals surface area contributed by atoms with Gasteiger partial charge in [0.25, 0.3) is 5.91 Å². The number of hydrogen-bond donors (Lipinski definition) is 2. The third-order valence-electron chi connectivity index (χ3n) is 3.02. The lowest BCUT2D eigenvalue weighted by Crippen LogP contribution is -2.32. The van der Waals surface area contributed by atoms with E-state index in [0.717, 1.165) is 6.42 Å². The van der Waals surface area contributed by atoms with Crippen LogP contribution in [0.2, 0.25) is 0 Å². The number of nitrogens with zero attached hydrogens (tertiary/aromatic N) is 1. The molecule has 0 heterocycles. The highest BCUT2D eigenvalue weighted by atomic mass is 19.1. The van der Waals surface area contributed by atoms with Gasteiger partial charge in [-0.25, -0.2) is 4.39 Å². The van der Waals surface area contributed by atoms with Crippen molar-refractivity contribution in [2.75, 3.05) is 19.0 Å². The maximum Gasteiger partial charge on any atom is 0.255 e. The Kier molecular flexibility index (Phi) is 5.09. The van der Waals surface area contributed by atoms with E-state index in [9.17, 15) is 9.18 Å². The molecule has 0 fully saturated rings. The van der Waals surface area contributed by atoms with Crippen molar-refractivity contribution in [2.24, 2.45) is 11.8 Å². The van der Waals surface area contributed by atoms with Crippen molar-refractivity contribution in [1.82, 2.24) is 4.90 Å². The van der Waals surface area contributed by atoms with Crippen molar-refractivity contribution >= 4 is 11.6 Å². The molecule has 1 atom stereocenters. The fourth-order valence-corrected chi connectivity index (χ4v) is 1.73. The normalized spacial score (nSPS) is 12.1. The molecule has 1 rings (SSSR count).